The zero-order valence-electron chi connectivity index (χ0n) is 16.1. The Morgan fingerprint density at radius 1 is 1.03 bits per heavy atom. The molecule has 2 amide bonds. The lowest BCUT2D eigenvalue weighted by Gasteiger charge is -2.36. The van der Waals surface area contributed by atoms with Crippen molar-refractivity contribution in [3.63, 3.8) is 0 Å². The molecule has 0 radical (unpaired) electrons. The predicted molar refractivity (Wildman–Crippen MR) is 107 cm³/mol. The van der Waals surface area contributed by atoms with E-state index in [2.05, 4.69) is 10.3 Å². The van der Waals surface area contributed by atoms with Crippen LogP contribution < -0.4 is 5.32 Å². The van der Waals surface area contributed by atoms with E-state index >= 15 is 0 Å². The van der Waals surface area contributed by atoms with Gasteiger partial charge in [0.2, 0.25) is 0 Å². The number of carbonyl (C=O) groups is 1. The average Bonchev–Trinajstić information content (AvgIpc) is 2.77. The lowest BCUT2D eigenvalue weighted by molar-refractivity contribution is -0.137. The summed E-state index contributed by atoms with van der Waals surface area (Å²) in [6.07, 6.45) is -2.13. The molecule has 30 heavy (non-hydrogen) atoms. The molecule has 2 heterocycles. The fourth-order valence-corrected chi connectivity index (χ4v) is 3.71. The highest BCUT2D eigenvalue weighted by atomic mass is 19.4. The molecule has 0 aliphatic carbocycles. The topological polar surface area (TPSA) is 45.2 Å². The smallest absolute Gasteiger partial charge is 0.334 e. The summed E-state index contributed by atoms with van der Waals surface area (Å²) >= 11 is 0. The largest absolute Gasteiger partial charge is 0.416 e. The number of hydrogen-bond donors (Lipinski definition) is 1. The van der Waals surface area contributed by atoms with Crippen molar-refractivity contribution in [1.29, 1.82) is 0 Å². The molecule has 0 bridgehead atoms. The third-order valence-corrected chi connectivity index (χ3v) is 5.22. The number of carbonyl (C=O) groups excluding carboxylic acids is 1. The van der Waals surface area contributed by atoms with Crippen molar-refractivity contribution in [2.75, 3.05) is 6.54 Å². The van der Waals surface area contributed by atoms with E-state index in [0.29, 0.717) is 30.8 Å². The third kappa shape index (κ3) is 4.15. The third-order valence-electron chi connectivity index (χ3n) is 5.22. The molecule has 2 aromatic carbocycles. The summed E-state index contributed by atoms with van der Waals surface area (Å²) in [4.78, 5) is 19.1. The summed E-state index contributed by atoms with van der Waals surface area (Å²) in [5.41, 5.74) is 2.53. The Morgan fingerprint density at radius 3 is 2.47 bits per heavy atom. The zero-order chi connectivity index (χ0) is 21.1. The van der Waals surface area contributed by atoms with Crippen LogP contribution >= 0.6 is 0 Å². The Kier molecular flexibility index (Phi) is 5.44. The van der Waals surface area contributed by atoms with Crippen LogP contribution in [0.4, 0.5) is 18.0 Å². The van der Waals surface area contributed by atoms with Crippen molar-refractivity contribution in [3.8, 4) is 0 Å². The van der Waals surface area contributed by atoms with Gasteiger partial charge in [0.1, 0.15) is 6.04 Å². The molecular weight excluding hydrogens is 391 g/mol. The van der Waals surface area contributed by atoms with E-state index in [1.54, 1.807) is 11.1 Å². The molecule has 7 heteroatoms. The van der Waals surface area contributed by atoms with E-state index in [1.807, 2.05) is 42.5 Å². The maximum Gasteiger partial charge on any atom is 0.416 e. The molecule has 1 aromatic heterocycles. The predicted octanol–water partition coefficient (Wildman–Crippen LogP) is 4.96. The SMILES string of the molecule is O=C(NCc1ccccc1)N1CCc2cccnc2C1c1ccc(C(F)(F)F)cc1. The highest BCUT2D eigenvalue weighted by Gasteiger charge is 2.34. The number of alkyl halides is 3. The molecule has 1 aliphatic heterocycles. The molecule has 1 N–H and O–H groups in total. The number of hydrogen-bond acceptors (Lipinski definition) is 2. The first-order valence-electron chi connectivity index (χ1n) is 9.63. The number of nitrogens with one attached hydrogen (secondary N) is 1. The van der Waals surface area contributed by atoms with Crippen molar-refractivity contribution in [2.24, 2.45) is 0 Å². The van der Waals surface area contributed by atoms with Gasteiger partial charge in [-0.3, -0.25) is 4.98 Å². The Balaban J connectivity index is 1.63. The van der Waals surface area contributed by atoms with Gasteiger partial charge in [0.15, 0.2) is 0 Å². The lowest BCUT2D eigenvalue weighted by atomic mass is 9.92. The standard InChI is InChI=1S/C23H20F3N3O/c24-23(25,26)19-10-8-18(9-11-19)21-20-17(7-4-13-27-20)12-14-29(21)22(30)28-15-16-5-2-1-3-6-16/h1-11,13,21H,12,14-15H2,(H,28,30). The number of amides is 2. The Hall–Kier alpha value is -3.35. The number of nitrogens with zero attached hydrogens (tertiary/aromatic N) is 2. The fourth-order valence-electron chi connectivity index (χ4n) is 3.71. The fraction of sp³-hybridized carbons (Fsp3) is 0.217. The van der Waals surface area contributed by atoms with Gasteiger partial charge in [-0.15, -0.1) is 0 Å². The van der Waals surface area contributed by atoms with E-state index in [9.17, 15) is 18.0 Å². The minimum Gasteiger partial charge on any atom is -0.334 e. The van der Waals surface area contributed by atoms with Crippen molar-refractivity contribution in [3.05, 3.63) is 101 Å². The number of benzene rings is 2. The normalized spacial score (nSPS) is 16.1. The maximum absolute atomic E-state index is 13.0. The maximum atomic E-state index is 13.0. The Labute approximate surface area is 172 Å². The highest BCUT2D eigenvalue weighted by molar-refractivity contribution is 5.75. The van der Waals surface area contributed by atoms with Crippen molar-refractivity contribution >= 4 is 6.03 Å². The molecule has 0 spiro atoms. The first-order valence-corrected chi connectivity index (χ1v) is 9.63. The summed E-state index contributed by atoms with van der Waals surface area (Å²) in [5, 5.41) is 2.91. The van der Waals surface area contributed by atoms with Gasteiger partial charge in [0.25, 0.3) is 0 Å². The van der Waals surface area contributed by atoms with Crippen LogP contribution in [-0.2, 0) is 19.1 Å². The highest BCUT2D eigenvalue weighted by Crippen LogP contribution is 2.36. The van der Waals surface area contributed by atoms with Crippen molar-refractivity contribution in [2.45, 2.75) is 25.2 Å². The van der Waals surface area contributed by atoms with Crippen molar-refractivity contribution in [1.82, 2.24) is 15.2 Å². The number of rotatable bonds is 3. The van der Waals surface area contributed by atoms with Gasteiger partial charge in [-0.1, -0.05) is 48.5 Å². The minimum absolute atomic E-state index is 0.278. The number of urea groups is 1. The molecule has 1 atom stereocenters. The first kappa shape index (κ1) is 19.9. The van der Waals surface area contributed by atoms with Crippen LogP contribution in [0.1, 0.15) is 34.0 Å². The summed E-state index contributed by atoms with van der Waals surface area (Å²) in [5.74, 6) is 0. The average molecular weight is 411 g/mol. The van der Waals surface area contributed by atoms with E-state index in [-0.39, 0.29) is 6.03 Å². The second-order valence-corrected chi connectivity index (χ2v) is 7.16. The van der Waals surface area contributed by atoms with E-state index in [1.165, 1.54) is 12.1 Å². The van der Waals surface area contributed by atoms with Crippen molar-refractivity contribution < 1.29 is 18.0 Å². The van der Waals surface area contributed by atoms with Crippen LogP contribution in [-0.4, -0.2) is 22.5 Å². The van der Waals surface area contributed by atoms with E-state index in [0.717, 1.165) is 23.3 Å². The summed E-state index contributed by atoms with van der Waals surface area (Å²) in [6.45, 7) is 0.815. The molecule has 1 aliphatic rings. The number of pyridine rings is 1. The number of fused-ring (bicyclic) bond motifs is 1. The van der Waals surface area contributed by atoms with Gasteiger partial charge in [-0.05, 0) is 41.3 Å². The lowest BCUT2D eigenvalue weighted by Crippen LogP contribution is -2.46. The first-order chi connectivity index (χ1) is 14.4. The summed E-state index contributed by atoms with van der Waals surface area (Å²) in [6, 6.07) is 17.4. The minimum atomic E-state index is -4.41. The zero-order valence-corrected chi connectivity index (χ0v) is 16.1. The molecule has 3 aromatic rings. The molecular formula is C23H20F3N3O. The number of aromatic nitrogens is 1. The van der Waals surface area contributed by atoms with Gasteiger partial charge in [-0.25, -0.2) is 4.79 Å². The Bertz CT molecular complexity index is 1020. The molecule has 0 saturated heterocycles. The summed E-state index contributed by atoms with van der Waals surface area (Å²) in [7, 11) is 0. The molecule has 0 fully saturated rings. The second kappa shape index (κ2) is 8.18. The van der Waals surface area contributed by atoms with E-state index < -0.39 is 17.8 Å². The van der Waals surface area contributed by atoms with Crippen LogP contribution in [0.5, 0.6) is 0 Å². The molecule has 4 rings (SSSR count). The van der Waals surface area contributed by atoms with E-state index in [4.69, 9.17) is 0 Å². The second-order valence-electron chi connectivity index (χ2n) is 7.16. The molecule has 154 valence electrons. The number of halogens is 3. The van der Waals surface area contributed by atoms with Crippen LogP contribution in [0.2, 0.25) is 0 Å². The summed E-state index contributed by atoms with van der Waals surface area (Å²) < 4.78 is 38.9. The Morgan fingerprint density at radius 2 is 1.77 bits per heavy atom. The van der Waals surface area contributed by atoms with Gasteiger partial charge in [0.05, 0.1) is 11.3 Å². The van der Waals surface area contributed by atoms with Gasteiger partial charge in [0, 0.05) is 19.3 Å². The molecule has 0 saturated carbocycles. The van der Waals surface area contributed by atoms with Gasteiger partial charge in [-0.2, -0.15) is 13.2 Å². The quantitative estimate of drug-likeness (QED) is 0.662. The van der Waals surface area contributed by atoms with Gasteiger partial charge >= 0.3 is 12.2 Å². The van der Waals surface area contributed by atoms with Crippen LogP contribution in [0, 0.1) is 0 Å². The van der Waals surface area contributed by atoms with Gasteiger partial charge < -0.3 is 10.2 Å². The van der Waals surface area contributed by atoms with Crippen LogP contribution in [0.15, 0.2) is 72.9 Å². The monoisotopic (exact) mass is 411 g/mol. The van der Waals surface area contributed by atoms with Crippen LogP contribution in [0.25, 0.3) is 0 Å². The molecule has 1 unspecified atom stereocenters. The van der Waals surface area contributed by atoms with Crippen LogP contribution in [0.3, 0.4) is 0 Å². The molecule has 4 nitrogen and oxygen atoms in total.